The lowest BCUT2D eigenvalue weighted by molar-refractivity contribution is 0.105. The van der Waals surface area contributed by atoms with Crippen molar-refractivity contribution in [2.45, 2.75) is 30.8 Å². The van der Waals surface area contributed by atoms with Crippen molar-refractivity contribution in [3.8, 4) is 0 Å². The van der Waals surface area contributed by atoms with Crippen molar-refractivity contribution in [1.29, 1.82) is 0 Å². The molecule has 1 aliphatic rings. The van der Waals surface area contributed by atoms with Gasteiger partial charge in [0.25, 0.3) is 0 Å². The number of sulfonamides is 1. The van der Waals surface area contributed by atoms with Gasteiger partial charge in [0, 0.05) is 25.2 Å². The molecule has 1 saturated heterocycles. The number of para-hydroxylation sites is 1. The van der Waals surface area contributed by atoms with E-state index in [9.17, 15) is 8.42 Å². The molecule has 1 heterocycles. The molecule has 1 aliphatic heterocycles. The van der Waals surface area contributed by atoms with E-state index in [1.807, 2.05) is 20.9 Å². The molecule has 3 N–H and O–H groups in total. The number of hydrogen-bond acceptors (Lipinski definition) is 5. The van der Waals surface area contributed by atoms with Gasteiger partial charge in [-0.25, -0.2) is 8.42 Å². The Morgan fingerprint density at radius 3 is 2.30 bits per heavy atom. The highest BCUT2D eigenvalue weighted by Crippen LogP contribution is 2.26. The minimum absolute atomic E-state index is 0.187. The second kappa shape index (κ2) is 5.69. The lowest BCUT2D eigenvalue weighted by Gasteiger charge is -2.41. The number of anilines is 1. The summed E-state index contributed by atoms with van der Waals surface area (Å²) in [6, 6.07) is 7.08. The van der Waals surface area contributed by atoms with E-state index in [4.69, 9.17) is 5.84 Å². The molecule has 0 spiro atoms. The minimum atomic E-state index is -3.53. The van der Waals surface area contributed by atoms with E-state index >= 15 is 0 Å². The summed E-state index contributed by atoms with van der Waals surface area (Å²) in [6.45, 7) is 5.04. The second-order valence-electron chi connectivity index (χ2n) is 5.33. The predicted octanol–water partition coefficient (Wildman–Crippen LogP) is 0.685. The second-order valence-corrected chi connectivity index (χ2v) is 7.23. The van der Waals surface area contributed by atoms with Gasteiger partial charge in [-0.2, -0.15) is 4.31 Å². The summed E-state index contributed by atoms with van der Waals surface area (Å²) in [5.74, 6) is 5.41. The summed E-state index contributed by atoms with van der Waals surface area (Å²) >= 11 is 0. The SMILES string of the molecule is CC1CN(S(=O)(=O)c2ccccc2NN)CC(C)N1C. The van der Waals surface area contributed by atoms with Crippen molar-refractivity contribution in [2.75, 3.05) is 25.6 Å². The van der Waals surface area contributed by atoms with Crippen LogP contribution in [0.1, 0.15) is 13.8 Å². The standard InChI is InChI=1S/C13H22N4O2S/c1-10-8-17(9-11(2)16(10)3)20(18,19)13-7-5-4-6-12(13)15-14/h4-7,10-11,15H,8-9,14H2,1-3H3. The van der Waals surface area contributed by atoms with Gasteiger partial charge in [0.05, 0.1) is 5.69 Å². The van der Waals surface area contributed by atoms with Crippen molar-refractivity contribution in [2.24, 2.45) is 5.84 Å². The minimum Gasteiger partial charge on any atom is -0.323 e. The van der Waals surface area contributed by atoms with Gasteiger partial charge >= 0.3 is 0 Å². The first-order valence-corrected chi connectivity index (χ1v) is 8.09. The molecule has 2 unspecified atom stereocenters. The summed E-state index contributed by atoms with van der Waals surface area (Å²) in [6.07, 6.45) is 0. The van der Waals surface area contributed by atoms with Crippen LogP contribution in [0.2, 0.25) is 0 Å². The monoisotopic (exact) mass is 298 g/mol. The summed E-state index contributed by atoms with van der Waals surface area (Å²) in [5.41, 5.74) is 2.88. The van der Waals surface area contributed by atoms with Crippen LogP contribution in [0, 0.1) is 0 Å². The predicted molar refractivity (Wildman–Crippen MR) is 79.7 cm³/mol. The van der Waals surface area contributed by atoms with E-state index in [0.29, 0.717) is 18.8 Å². The largest absolute Gasteiger partial charge is 0.323 e. The lowest BCUT2D eigenvalue weighted by Crippen LogP contribution is -2.56. The molecule has 20 heavy (non-hydrogen) atoms. The molecule has 7 heteroatoms. The molecular weight excluding hydrogens is 276 g/mol. The van der Waals surface area contributed by atoms with Crippen LogP contribution in [-0.2, 0) is 10.0 Å². The fraction of sp³-hybridized carbons (Fsp3) is 0.538. The van der Waals surface area contributed by atoms with Gasteiger partial charge in [-0.3, -0.25) is 10.7 Å². The van der Waals surface area contributed by atoms with Gasteiger partial charge in [0.1, 0.15) is 4.90 Å². The first-order chi connectivity index (χ1) is 9.37. The first-order valence-electron chi connectivity index (χ1n) is 6.65. The van der Waals surface area contributed by atoms with E-state index in [-0.39, 0.29) is 17.0 Å². The summed E-state index contributed by atoms with van der Waals surface area (Å²) < 4.78 is 27.1. The van der Waals surface area contributed by atoms with Crippen LogP contribution in [0.3, 0.4) is 0 Å². The Morgan fingerprint density at radius 2 is 1.75 bits per heavy atom. The van der Waals surface area contributed by atoms with Crippen molar-refractivity contribution < 1.29 is 8.42 Å². The summed E-state index contributed by atoms with van der Waals surface area (Å²) in [4.78, 5) is 2.42. The van der Waals surface area contributed by atoms with Crippen LogP contribution in [0.25, 0.3) is 0 Å². The van der Waals surface area contributed by atoms with Gasteiger partial charge in [-0.1, -0.05) is 12.1 Å². The van der Waals surface area contributed by atoms with Crippen molar-refractivity contribution in [3.05, 3.63) is 24.3 Å². The highest BCUT2D eigenvalue weighted by molar-refractivity contribution is 7.89. The number of piperazine rings is 1. The number of nitrogen functional groups attached to an aromatic ring is 1. The number of hydrogen-bond donors (Lipinski definition) is 2. The van der Waals surface area contributed by atoms with Gasteiger partial charge in [-0.05, 0) is 33.0 Å². The molecule has 0 amide bonds. The first kappa shape index (κ1) is 15.2. The van der Waals surface area contributed by atoms with Crippen LogP contribution >= 0.6 is 0 Å². The van der Waals surface area contributed by atoms with Crippen LogP contribution in [0.5, 0.6) is 0 Å². The average Bonchev–Trinajstić information content (AvgIpc) is 2.44. The van der Waals surface area contributed by atoms with Gasteiger partial charge in [-0.15, -0.1) is 0 Å². The molecular formula is C13H22N4O2S. The zero-order chi connectivity index (χ0) is 14.9. The molecule has 0 saturated carbocycles. The van der Waals surface area contributed by atoms with E-state index in [1.54, 1.807) is 28.6 Å². The zero-order valence-electron chi connectivity index (χ0n) is 12.1. The Labute approximate surface area is 120 Å². The Bertz CT molecular complexity index is 563. The molecule has 1 aromatic rings. The van der Waals surface area contributed by atoms with E-state index in [0.717, 1.165) is 0 Å². The third-order valence-electron chi connectivity index (χ3n) is 3.99. The molecule has 0 aromatic heterocycles. The Balaban J connectivity index is 2.36. The van der Waals surface area contributed by atoms with Gasteiger partial charge in [0.2, 0.25) is 10.0 Å². The van der Waals surface area contributed by atoms with Gasteiger partial charge in [0.15, 0.2) is 0 Å². The fourth-order valence-corrected chi connectivity index (χ4v) is 4.26. The fourth-order valence-electron chi connectivity index (χ4n) is 2.50. The lowest BCUT2D eigenvalue weighted by atomic mass is 10.1. The molecule has 6 nitrogen and oxygen atoms in total. The number of hydrazine groups is 1. The van der Waals surface area contributed by atoms with Crippen LogP contribution in [-0.4, -0.2) is 49.8 Å². The highest BCUT2D eigenvalue weighted by Gasteiger charge is 2.35. The maximum atomic E-state index is 12.8. The number of nitrogens with two attached hydrogens (primary N) is 1. The molecule has 2 atom stereocenters. The number of likely N-dealkylation sites (N-methyl/N-ethyl adjacent to an activating group) is 1. The normalized spacial score (nSPS) is 25.6. The molecule has 0 bridgehead atoms. The molecule has 112 valence electrons. The Hall–Kier alpha value is -1.15. The molecule has 1 aromatic carbocycles. The van der Waals surface area contributed by atoms with Crippen molar-refractivity contribution in [1.82, 2.24) is 9.21 Å². The van der Waals surface area contributed by atoms with Crippen LogP contribution in [0.4, 0.5) is 5.69 Å². The van der Waals surface area contributed by atoms with Crippen molar-refractivity contribution >= 4 is 15.7 Å². The van der Waals surface area contributed by atoms with Gasteiger partial charge < -0.3 is 5.43 Å². The number of nitrogens with zero attached hydrogens (tertiary/aromatic N) is 2. The van der Waals surface area contributed by atoms with Crippen molar-refractivity contribution in [3.63, 3.8) is 0 Å². The quantitative estimate of drug-likeness (QED) is 0.634. The maximum Gasteiger partial charge on any atom is 0.245 e. The molecule has 0 radical (unpaired) electrons. The Kier molecular flexibility index (Phi) is 4.33. The molecule has 0 aliphatic carbocycles. The number of rotatable bonds is 3. The third kappa shape index (κ3) is 2.67. The average molecular weight is 298 g/mol. The highest BCUT2D eigenvalue weighted by atomic mass is 32.2. The van der Waals surface area contributed by atoms with E-state index < -0.39 is 10.0 Å². The third-order valence-corrected chi connectivity index (χ3v) is 5.88. The summed E-state index contributed by atoms with van der Waals surface area (Å²) in [7, 11) is -1.51. The number of nitrogens with one attached hydrogen (secondary N) is 1. The molecule has 2 rings (SSSR count). The van der Waals surface area contributed by atoms with E-state index in [1.165, 1.54) is 0 Å². The van der Waals surface area contributed by atoms with Crippen LogP contribution < -0.4 is 11.3 Å². The maximum absolute atomic E-state index is 12.8. The topological polar surface area (TPSA) is 78.7 Å². The zero-order valence-corrected chi connectivity index (χ0v) is 12.9. The van der Waals surface area contributed by atoms with Crippen LogP contribution in [0.15, 0.2) is 29.2 Å². The summed E-state index contributed by atoms with van der Waals surface area (Å²) in [5, 5.41) is 0. The Morgan fingerprint density at radius 1 is 1.20 bits per heavy atom. The smallest absolute Gasteiger partial charge is 0.245 e. The van der Waals surface area contributed by atoms with E-state index in [2.05, 4.69) is 10.3 Å². The number of benzene rings is 1. The molecule has 1 fully saturated rings.